The molecule has 3 nitrogen and oxygen atoms in total. The SMILES string of the molecule is Nc1cc(Cl)c(Cl)cc1N1CCCOc2ccccc21. The lowest BCUT2D eigenvalue weighted by Crippen LogP contribution is -2.19. The second-order valence-corrected chi connectivity index (χ2v) is 5.46. The molecule has 0 atom stereocenters. The first-order valence-corrected chi connectivity index (χ1v) is 7.16. The van der Waals surface area contributed by atoms with Crippen molar-refractivity contribution in [3.8, 4) is 5.75 Å². The Hall–Kier alpha value is -1.58. The summed E-state index contributed by atoms with van der Waals surface area (Å²) in [5.41, 5.74) is 8.57. The van der Waals surface area contributed by atoms with Crippen LogP contribution in [-0.2, 0) is 0 Å². The third-order valence-corrected chi connectivity index (χ3v) is 4.02. The van der Waals surface area contributed by atoms with Crippen LogP contribution in [0, 0.1) is 0 Å². The maximum atomic E-state index is 6.13. The molecular weight excluding hydrogens is 295 g/mol. The third-order valence-electron chi connectivity index (χ3n) is 3.30. The van der Waals surface area contributed by atoms with Crippen LogP contribution in [0.1, 0.15) is 6.42 Å². The Kier molecular flexibility index (Phi) is 3.64. The van der Waals surface area contributed by atoms with E-state index in [9.17, 15) is 0 Å². The molecule has 0 spiro atoms. The summed E-state index contributed by atoms with van der Waals surface area (Å²) in [6.45, 7) is 1.51. The number of halogens is 2. The van der Waals surface area contributed by atoms with Crippen LogP contribution in [-0.4, -0.2) is 13.2 Å². The molecule has 0 fully saturated rings. The highest BCUT2D eigenvalue weighted by Gasteiger charge is 2.20. The van der Waals surface area contributed by atoms with E-state index in [1.165, 1.54) is 0 Å². The number of nitrogens with two attached hydrogens (primary N) is 1. The molecule has 20 heavy (non-hydrogen) atoms. The average molecular weight is 309 g/mol. The molecule has 3 rings (SSSR count). The van der Waals surface area contributed by atoms with E-state index in [1.807, 2.05) is 24.3 Å². The van der Waals surface area contributed by atoms with Gasteiger partial charge >= 0.3 is 0 Å². The molecular formula is C15H14Cl2N2O. The molecule has 2 aromatic rings. The smallest absolute Gasteiger partial charge is 0.142 e. The molecule has 2 N–H and O–H groups in total. The topological polar surface area (TPSA) is 38.5 Å². The second kappa shape index (κ2) is 5.43. The Morgan fingerprint density at radius 2 is 1.80 bits per heavy atom. The lowest BCUT2D eigenvalue weighted by atomic mass is 10.2. The van der Waals surface area contributed by atoms with Gasteiger partial charge in [-0.05, 0) is 30.7 Å². The maximum absolute atomic E-state index is 6.13. The number of rotatable bonds is 1. The van der Waals surface area contributed by atoms with Crippen molar-refractivity contribution in [3.05, 3.63) is 46.4 Å². The van der Waals surface area contributed by atoms with E-state index < -0.39 is 0 Å². The minimum absolute atomic E-state index is 0.465. The van der Waals surface area contributed by atoms with E-state index in [0.29, 0.717) is 22.3 Å². The molecule has 0 radical (unpaired) electrons. The molecule has 1 heterocycles. The lowest BCUT2D eigenvalue weighted by Gasteiger charge is -2.25. The van der Waals surface area contributed by atoms with Crippen LogP contribution in [0.5, 0.6) is 5.75 Å². The zero-order valence-electron chi connectivity index (χ0n) is 10.8. The number of nitrogens with zero attached hydrogens (tertiary/aromatic N) is 1. The summed E-state index contributed by atoms with van der Waals surface area (Å²) in [5.74, 6) is 0.857. The van der Waals surface area contributed by atoms with Crippen molar-refractivity contribution in [2.24, 2.45) is 0 Å². The van der Waals surface area contributed by atoms with Crippen LogP contribution in [0.25, 0.3) is 0 Å². The molecule has 0 aliphatic carbocycles. The fourth-order valence-corrected chi connectivity index (χ4v) is 2.69. The minimum Gasteiger partial charge on any atom is -0.491 e. The monoisotopic (exact) mass is 308 g/mol. The number of nitrogen functional groups attached to an aromatic ring is 1. The highest BCUT2D eigenvalue weighted by atomic mass is 35.5. The molecule has 1 aliphatic heterocycles. The largest absolute Gasteiger partial charge is 0.491 e. The van der Waals surface area contributed by atoms with Gasteiger partial charge in [0.1, 0.15) is 5.75 Å². The predicted octanol–water partition coefficient (Wildman–Crippen LogP) is 4.50. The van der Waals surface area contributed by atoms with Gasteiger partial charge in [-0.2, -0.15) is 0 Å². The van der Waals surface area contributed by atoms with Crippen LogP contribution in [0.15, 0.2) is 36.4 Å². The van der Waals surface area contributed by atoms with Crippen LogP contribution >= 0.6 is 23.2 Å². The van der Waals surface area contributed by atoms with Gasteiger partial charge in [-0.1, -0.05) is 35.3 Å². The standard InChI is InChI=1S/C15H14Cl2N2O/c16-10-8-12(18)14(9-11(10)17)19-6-3-7-20-15-5-2-1-4-13(15)19/h1-2,4-5,8-9H,3,6-7,18H2. The van der Waals surface area contributed by atoms with Crippen LogP contribution in [0.2, 0.25) is 10.0 Å². The van der Waals surface area contributed by atoms with E-state index in [-0.39, 0.29) is 0 Å². The van der Waals surface area contributed by atoms with Gasteiger partial charge in [0.15, 0.2) is 0 Å². The Balaban J connectivity index is 2.12. The average Bonchev–Trinajstić information content (AvgIpc) is 2.65. The summed E-state index contributed by atoms with van der Waals surface area (Å²) >= 11 is 12.1. The summed E-state index contributed by atoms with van der Waals surface area (Å²) in [6, 6.07) is 11.4. The fraction of sp³-hybridized carbons (Fsp3) is 0.200. The molecule has 104 valence electrons. The molecule has 1 aliphatic rings. The Bertz CT molecular complexity index is 646. The van der Waals surface area contributed by atoms with Crippen molar-refractivity contribution in [2.45, 2.75) is 6.42 Å². The van der Waals surface area contributed by atoms with Gasteiger partial charge in [-0.25, -0.2) is 0 Å². The third kappa shape index (κ3) is 2.39. The summed E-state index contributed by atoms with van der Waals surface area (Å²) in [7, 11) is 0. The molecule has 5 heteroatoms. The van der Waals surface area contributed by atoms with Crippen molar-refractivity contribution in [3.63, 3.8) is 0 Å². The number of anilines is 3. The molecule has 0 saturated carbocycles. The van der Waals surface area contributed by atoms with Gasteiger partial charge in [0.25, 0.3) is 0 Å². The van der Waals surface area contributed by atoms with Gasteiger partial charge in [0.2, 0.25) is 0 Å². The Labute approximate surface area is 127 Å². The van der Waals surface area contributed by atoms with Gasteiger partial charge in [0, 0.05) is 6.54 Å². The van der Waals surface area contributed by atoms with Crippen molar-refractivity contribution in [1.29, 1.82) is 0 Å². The molecule has 0 saturated heterocycles. The first-order chi connectivity index (χ1) is 9.66. The van der Waals surface area contributed by atoms with E-state index in [4.69, 9.17) is 33.7 Å². The van der Waals surface area contributed by atoms with Crippen molar-refractivity contribution < 1.29 is 4.74 Å². The number of benzene rings is 2. The van der Waals surface area contributed by atoms with E-state index in [2.05, 4.69) is 4.90 Å². The first kappa shape index (κ1) is 13.4. The number of hydrogen-bond acceptors (Lipinski definition) is 3. The summed E-state index contributed by atoms with van der Waals surface area (Å²) in [5, 5.41) is 0.964. The zero-order chi connectivity index (χ0) is 14.1. The number of fused-ring (bicyclic) bond motifs is 1. The van der Waals surface area contributed by atoms with Crippen LogP contribution < -0.4 is 15.4 Å². The van der Waals surface area contributed by atoms with Gasteiger partial charge < -0.3 is 15.4 Å². The minimum atomic E-state index is 0.465. The molecule has 0 unspecified atom stereocenters. The number of hydrogen-bond donors (Lipinski definition) is 1. The maximum Gasteiger partial charge on any atom is 0.142 e. The van der Waals surface area contributed by atoms with Gasteiger partial charge in [-0.15, -0.1) is 0 Å². The lowest BCUT2D eigenvalue weighted by molar-refractivity contribution is 0.322. The summed E-state index contributed by atoms with van der Waals surface area (Å²) in [4.78, 5) is 2.12. The molecule has 0 bridgehead atoms. The Morgan fingerprint density at radius 3 is 2.65 bits per heavy atom. The normalized spacial score (nSPS) is 14.4. The molecule has 0 aromatic heterocycles. The molecule has 2 aromatic carbocycles. The highest BCUT2D eigenvalue weighted by Crippen LogP contribution is 2.41. The summed E-state index contributed by atoms with van der Waals surface area (Å²) in [6.07, 6.45) is 0.911. The van der Waals surface area contributed by atoms with Crippen LogP contribution in [0.3, 0.4) is 0 Å². The van der Waals surface area contributed by atoms with Crippen molar-refractivity contribution in [2.75, 3.05) is 23.8 Å². The zero-order valence-corrected chi connectivity index (χ0v) is 12.3. The Morgan fingerprint density at radius 1 is 1.05 bits per heavy atom. The number of para-hydroxylation sites is 2. The van der Waals surface area contributed by atoms with Gasteiger partial charge in [-0.3, -0.25) is 0 Å². The van der Waals surface area contributed by atoms with E-state index >= 15 is 0 Å². The van der Waals surface area contributed by atoms with Gasteiger partial charge in [0.05, 0.1) is 33.7 Å². The highest BCUT2D eigenvalue weighted by molar-refractivity contribution is 6.42. The predicted molar refractivity (Wildman–Crippen MR) is 84.4 cm³/mol. The second-order valence-electron chi connectivity index (χ2n) is 4.65. The number of ether oxygens (including phenoxy) is 1. The first-order valence-electron chi connectivity index (χ1n) is 6.40. The van der Waals surface area contributed by atoms with Crippen molar-refractivity contribution >= 4 is 40.3 Å². The summed E-state index contributed by atoms with van der Waals surface area (Å²) < 4.78 is 5.75. The fourth-order valence-electron chi connectivity index (χ4n) is 2.36. The quantitative estimate of drug-likeness (QED) is 0.788. The molecule has 0 amide bonds. The van der Waals surface area contributed by atoms with Crippen molar-refractivity contribution in [1.82, 2.24) is 0 Å². The van der Waals surface area contributed by atoms with Crippen LogP contribution in [0.4, 0.5) is 17.1 Å². The van der Waals surface area contributed by atoms with E-state index in [0.717, 1.165) is 30.1 Å². The van der Waals surface area contributed by atoms with E-state index in [1.54, 1.807) is 12.1 Å².